The molecular weight excluding hydrogens is 355 g/mol. The Morgan fingerprint density at radius 2 is 2.05 bits per heavy atom. The molecule has 0 bridgehead atoms. The summed E-state index contributed by atoms with van der Waals surface area (Å²) in [5.41, 5.74) is 0. The van der Waals surface area contributed by atoms with Crippen LogP contribution >= 0.6 is 24.0 Å². The van der Waals surface area contributed by atoms with E-state index in [4.69, 9.17) is 9.73 Å². The lowest BCUT2D eigenvalue weighted by molar-refractivity contribution is -0.0137. The Morgan fingerprint density at radius 1 is 1.32 bits per heavy atom. The Hall–Kier alpha value is -0.0800. The van der Waals surface area contributed by atoms with Crippen molar-refractivity contribution in [1.82, 2.24) is 15.1 Å². The maximum Gasteiger partial charge on any atom is 0.194 e. The smallest absolute Gasteiger partial charge is 0.194 e. The number of aliphatic imine (C=N–C) groups is 1. The van der Waals surface area contributed by atoms with E-state index in [0.717, 1.165) is 51.8 Å². The van der Waals surface area contributed by atoms with Gasteiger partial charge >= 0.3 is 0 Å². The second kappa shape index (κ2) is 8.97. The Bertz CT molecular complexity index is 282. The maximum absolute atomic E-state index is 5.74. The molecule has 2 rings (SSSR count). The average Bonchev–Trinajstić information content (AvgIpc) is 2.88. The quantitative estimate of drug-likeness (QED) is 0.449. The highest BCUT2D eigenvalue weighted by molar-refractivity contribution is 14.0. The van der Waals surface area contributed by atoms with Crippen molar-refractivity contribution in [3.63, 3.8) is 0 Å². The molecular formula is C13H27IN4O. The van der Waals surface area contributed by atoms with Gasteiger partial charge in [0.05, 0.1) is 19.3 Å². The zero-order valence-electron chi connectivity index (χ0n) is 12.1. The largest absolute Gasteiger partial charge is 0.374 e. The molecule has 0 spiro atoms. The third-order valence-corrected chi connectivity index (χ3v) is 3.53. The van der Waals surface area contributed by atoms with E-state index in [9.17, 15) is 0 Å². The first-order valence-electron chi connectivity index (χ1n) is 7.13. The van der Waals surface area contributed by atoms with Crippen LogP contribution in [0.3, 0.4) is 0 Å². The number of nitrogens with zero attached hydrogens (tertiary/aromatic N) is 3. The van der Waals surface area contributed by atoms with E-state index in [1.54, 1.807) is 0 Å². The van der Waals surface area contributed by atoms with E-state index in [1.807, 2.05) is 0 Å². The van der Waals surface area contributed by atoms with Gasteiger partial charge in [-0.1, -0.05) is 0 Å². The second-order valence-electron chi connectivity index (χ2n) is 5.14. The minimum Gasteiger partial charge on any atom is -0.374 e. The third kappa shape index (κ3) is 5.43. The van der Waals surface area contributed by atoms with E-state index in [0.29, 0.717) is 0 Å². The number of morpholine rings is 1. The maximum atomic E-state index is 5.74. The lowest BCUT2D eigenvalue weighted by Gasteiger charge is -2.29. The van der Waals surface area contributed by atoms with Crippen LogP contribution in [-0.4, -0.2) is 74.8 Å². The van der Waals surface area contributed by atoms with Crippen molar-refractivity contribution in [3.05, 3.63) is 0 Å². The van der Waals surface area contributed by atoms with Gasteiger partial charge in [0.1, 0.15) is 0 Å². The molecule has 2 aliphatic rings. The molecule has 112 valence electrons. The van der Waals surface area contributed by atoms with Crippen LogP contribution in [0, 0.1) is 0 Å². The van der Waals surface area contributed by atoms with Crippen LogP contribution in [0.1, 0.15) is 19.8 Å². The van der Waals surface area contributed by atoms with Gasteiger partial charge in [-0.2, -0.15) is 0 Å². The molecule has 19 heavy (non-hydrogen) atoms. The van der Waals surface area contributed by atoms with E-state index in [2.05, 4.69) is 29.1 Å². The lowest BCUT2D eigenvalue weighted by Crippen LogP contribution is -2.43. The molecule has 2 saturated heterocycles. The number of likely N-dealkylation sites (N-methyl/N-ethyl adjacent to an activating group) is 1. The van der Waals surface area contributed by atoms with Gasteiger partial charge in [-0.3, -0.25) is 4.99 Å². The SMILES string of the molecule is CCNC(=NCC1CN(C)CCO1)N1CCCC1.I. The molecule has 2 heterocycles. The highest BCUT2D eigenvalue weighted by atomic mass is 127. The average molecular weight is 382 g/mol. The minimum absolute atomic E-state index is 0. The fourth-order valence-electron chi connectivity index (χ4n) is 2.52. The van der Waals surface area contributed by atoms with Crippen LogP contribution in [0.4, 0.5) is 0 Å². The number of hydrogen-bond acceptors (Lipinski definition) is 3. The molecule has 0 aliphatic carbocycles. The highest BCUT2D eigenvalue weighted by Crippen LogP contribution is 2.08. The molecule has 0 saturated carbocycles. The predicted molar refractivity (Wildman–Crippen MR) is 89.4 cm³/mol. The number of halogens is 1. The molecule has 2 aliphatic heterocycles. The summed E-state index contributed by atoms with van der Waals surface area (Å²) in [6, 6.07) is 0. The number of guanidine groups is 1. The van der Waals surface area contributed by atoms with Gasteiger partial charge in [0, 0.05) is 32.7 Å². The van der Waals surface area contributed by atoms with Crippen molar-refractivity contribution < 1.29 is 4.74 Å². The highest BCUT2D eigenvalue weighted by Gasteiger charge is 2.19. The lowest BCUT2D eigenvalue weighted by atomic mass is 10.3. The normalized spacial score (nSPS) is 25.3. The molecule has 1 atom stereocenters. The van der Waals surface area contributed by atoms with Gasteiger partial charge in [0.25, 0.3) is 0 Å². The van der Waals surface area contributed by atoms with Crippen LogP contribution in [-0.2, 0) is 4.74 Å². The first-order chi connectivity index (χ1) is 8.79. The minimum atomic E-state index is 0. The molecule has 1 unspecified atom stereocenters. The Balaban J connectivity index is 0.00000180. The Kier molecular flexibility index (Phi) is 8.01. The molecule has 0 aromatic carbocycles. The summed E-state index contributed by atoms with van der Waals surface area (Å²) in [4.78, 5) is 9.40. The molecule has 2 fully saturated rings. The monoisotopic (exact) mass is 382 g/mol. The van der Waals surface area contributed by atoms with Crippen molar-refractivity contribution in [2.75, 3.05) is 52.9 Å². The van der Waals surface area contributed by atoms with Gasteiger partial charge in [-0.25, -0.2) is 0 Å². The number of ether oxygens (including phenoxy) is 1. The van der Waals surface area contributed by atoms with Gasteiger partial charge < -0.3 is 19.9 Å². The van der Waals surface area contributed by atoms with Gasteiger partial charge in [0.2, 0.25) is 0 Å². The molecule has 0 aromatic heterocycles. The second-order valence-corrected chi connectivity index (χ2v) is 5.14. The molecule has 1 N–H and O–H groups in total. The molecule has 6 heteroatoms. The predicted octanol–water partition coefficient (Wildman–Crippen LogP) is 0.996. The van der Waals surface area contributed by atoms with Crippen LogP contribution in [0.2, 0.25) is 0 Å². The van der Waals surface area contributed by atoms with Crippen molar-refractivity contribution in [2.45, 2.75) is 25.9 Å². The zero-order chi connectivity index (χ0) is 12.8. The van der Waals surface area contributed by atoms with E-state index in [1.165, 1.54) is 12.8 Å². The first kappa shape index (κ1) is 17.0. The zero-order valence-corrected chi connectivity index (χ0v) is 14.4. The molecule has 0 aromatic rings. The third-order valence-electron chi connectivity index (χ3n) is 3.53. The molecule has 0 radical (unpaired) electrons. The summed E-state index contributed by atoms with van der Waals surface area (Å²) in [5, 5.41) is 3.38. The van der Waals surface area contributed by atoms with Crippen molar-refractivity contribution in [1.29, 1.82) is 0 Å². The number of likely N-dealkylation sites (tertiary alicyclic amines) is 1. The van der Waals surface area contributed by atoms with E-state index < -0.39 is 0 Å². The summed E-state index contributed by atoms with van der Waals surface area (Å²) < 4.78 is 5.74. The first-order valence-corrected chi connectivity index (χ1v) is 7.13. The summed E-state index contributed by atoms with van der Waals surface area (Å²) in [7, 11) is 2.14. The standard InChI is InChI=1S/C13H26N4O.HI/c1-3-14-13(17-6-4-5-7-17)15-10-12-11-16(2)8-9-18-12;/h12H,3-11H2,1-2H3,(H,14,15);1H. The molecule has 5 nitrogen and oxygen atoms in total. The fraction of sp³-hybridized carbons (Fsp3) is 0.923. The summed E-state index contributed by atoms with van der Waals surface area (Å²) in [5.74, 6) is 1.06. The van der Waals surface area contributed by atoms with Crippen molar-refractivity contribution >= 4 is 29.9 Å². The molecule has 0 amide bonds. The summed E-state index contributed by atoms with van der Waals surface area (Å²) >= 11 is 0. The van der Waals surface area contributed by atoms with Gasteiger partial charge in [-0.15, -0.1) is 24.0 Å². The number of hydrogen-bond donors (Lipinski definition) is 1. The van der Waals surface area contributed by atoms with Crippen molar-refractivity contribution in [2.24, 2.45) is 4.99 Å². The van der Waals surface area contributed by atoms with E-state index >= 15 is 0 Å². The van der Waals surface area contributed by atoms with E-state index in [-0.39, 0.29) is 30.1 Å². The van der Waals surface area contributed by atoms with Gasteiger partial charge in [-0.05, 0) is 26.8 Å². The Morgan fingerprint density at radius 3 is 2.68 bits per heavy atom. The summed E-state index contributed by atoms with van der Waals surface area (Å²) in [6.07, 6.45) is 2.82. The summed E-state index contributed by atoms with van der Waals surface area (Å²) in [6.45, 7) is 8.95. The fourth-order valence-corrected chi connectivity index (χ4v) is 2.52. The Labute approximate surface area is 133 Å². The topological polar surface area (TPSA) is 40.1 Å². The van der Waals surface area contributed by atoms with Crippen molar-refractivity contribution in [3.8, 4) is 0 Å². The number of nitrogens with one attached hydrogen (secondary N) is 1. The van der Waals surface area contributed by atoms with Crippen LogP contribution < -0.4 is 5.32 Å². The van der Waals surface area contributed by atoms with Gasteiger partial charge in [0.15, 0.2) is 5.96 Å². The van der Waals surface area contributed by atoms with Crippen LogP contribution in [0.15, 0.2) is 4.99 Å². The number of rotatable bonds is 3. The van der Waals surface area contributed by atoms with Crippen LogP contribution in [0.5, 0.6) is 0 Å². The van der Waals surface area contributed by atoms with Crippen LogP contribution in [0.25, 0.3) is 0 Å².